The normalized spacial score (nSPS) is 29.2. The van der Waals surface area contributed by atoms with Gasteiger partial charge in [0.25, 0.3) is 0 Å². The van der Waals surface area contributed by atoms with Crippen LogP contribution in [0.25, 0.3) is 10.8 Å². The first-order valence-corrected chi connectivity index (χ1v) is 11.3. The van der Waals surface area contributed by atoms with Crippen molar-refractivity contribution in [3.63, 3.8) is 0 Å². The zero-order chi connectivity index (χ0) is 19.1. The van der Waals surface area contributed by atoms with Crippen molar-refractivity contribution in [3.05, 3.63) is 44.8 Å². The molecule has 0 saturated heterocycles. The summed E-state index contributed by atoms with van der Waals surface area (Å²) in [4.78, 5) is 0. The van der Waals surface area contributed by atoms with Crippen molar-refractivity contribution in [2.24, 2.45) is 17.8 Å². The Balaban J connectivity index is 1.54. The summed E-state index contributed by atoms with van der Waals surface area (Å²) >= 11 is 1.81. The van der Waals surface area contributed by atoms with Gasteiger partial charge >= 0.3 is 0 Å². The largest absolute Gasteiger partial charge is 0.205 e. The number of fused-ring (bicyclic) bond motifs is 1. The molecule has 2 fully saturated rings. The SMILES string of the molecule is CC1CCC(C2CCC(c3cc4ccc(I)c(F)c4c(F)c3F)CC2)CC1. The number of halogens is 4. The van der Waals surface area contributed by atoms with Crippen molar-refractivity contribution in [1.29, 1.82) is 0 Å². The van der Waals surface area contributed by atoms with E-state index in [2.05, 4.69) is 6.92 Å². The molecular formula is C23H26F3I. The first kappa shape index (κ1) is 19.5. The van der Waals surface area contributed by atoms with Crippen LogP contribution in [-0.2, 0) is 0 Å². The molecule has 2 saturated carbocycles. The number of benzene rings is 2. The van der Waals surface area contributed by atoms with Crippen LogP contribution in [0.3, 0.4) is 0 Å². The van der Waals surface area contributed by atoms with Crippen LogP contribution in [0.4, 0.5) is 13.2 Å². The van der Waals surface area contributed by atoms with Gasteiger partial charge in [-0.3, -0.25) is 0 Å². The number of hydrogen-bond acceptors (Lipinski definition) is 0. The van der Waals surface area contributed by atoms with E-state index in [1.165, 1.54) is 25.7 Å². The van der Waals surface area contributed by atoms with Crippen molar-refractivity contribution in [3.8, 4) is 0 Å². The van der Waals surface area contributed by atoms with Gasteiger partial charge in [0.15, 0.2) is 11.6 Å². The molecule has 0 heterocycles. The van der Waals surface area contributed by atoms with Crippen LogP contribution in [0.15, 0.2) is 18.2 Å². The van der Waals surface area contributed by atoms with Crippen LogP contribution in [0.1, 0.15) is 69.8 Å². The van der Waals surface area contributed by atoms with Gasteiger partial charge in [0, 0.05) is 3.57 Å². The number of rotatable bonds is 2. The Morgan fingerprint density at radius 3 is 2.00 bits per heavy atom. The van der Waals surface area contributed by atoms with Gasteiger partial charge < -0.3 is 0 Å². The van der Waals surface area contributed by atoms with Crippen molar-refractivity contribution in [2.75, 3.05) is 0 Å². The van der Waals surface area contributed by atoms with Crippen LogP contribution in [-0.4, -0.2) is 0 Å². The highest BCUT2D eigenvalue weighted by atomic mass is 127. The molecule has 4 heteroatoms. The monoisotopic (exact) mass is 486 g/mol. The molecule has 0 radical (unpaired) electrons. The minimum absolute atomic E-state index is 0.0463. The van der Waals surface area contributed by atoms with Crippen LogP contribution in [0.5, 0.6) is 0 Å². The third-order valence-corrected chi connectivity index (χ3v) is 7.88. The van der Waals surface area contributed by atoms with Gasteiger partial charge in [0.2, 0.25) is 0 Å². The Bertz CT molecular complexity index is 831. The summed E-state index contributed by atoms with van der Waals surface area (Å²) in [6, 6.07) is 5.00. The minimum Gasteiger partial charge on any atom is -0.205 e. The van der Waals surface area contributed by atoms with Crippen LogP contribution < -0.4 is 0 Å². The Kier molecular flexibility index (Phi) is 5.73. The Morgan fingerprint density at radius 1 is 0.778 bits per heavy atom. The van der Waals surface area contributed by atoms with Gasteiger partial charge in [0.1, 0.15) is 5.82 Å². The lowest BCUT2D eigenvalue weighted by Crippen LogP contribution is -2.25. The standard InChI is InChI=1S/C23H26F3I/c1-13-2-4-14(5-3-13)15-6-8-16(9-7-15)18-12-17-10-11-19(27)22(25)20(17)23(26)21(18)24/h10-16H,2-9H2,1H3. The van der Waals surface area contributed by atoms with Crippen molar-refractivity contribution in [2.45, 2.75) is 64.2 Å². The second-order valence-electron chi connectivity index (χ2n) is 8.68. The lowest BCUT2D eigenvalue weighted by Gasteiger charge is -2.37. The Labute approximate surface area is 173 Å². The molecule has 0 amide bonds. The molecule has 0 atom stereocenters. The van der Waals surface area contributed by atoms with Crippen LogP contribution >= 0.6 is 22.6 Å². The molecule has 146 valence electrons. The molecule has 4 rings (SSSR count). The molecule has 2 aromatic carbocycles. The van der Waals surface area contributed by atoms with E-state index < -0.39 is 17.5 Å². The van der Waals surface area contributed by atoms with E-state index in [0.717, 1.165) is 43.4 Å². The molecule has 2 aliphatic carbocycles. The van der Waals surface area contributed by atoms with E-state index in [1.54, 1.807) is 18.2 Å². The molecule has 2 aromatic rings. The summed E-state index contributed by atoms with van der Waals surface area (Å²) in [7, 11) is 0. The predicted octanol–water partition coefficient (Wildman–Crippen LogP) is 7.96. The zero-order valence-corrected chi connectivity index (χ0v) is 17.9. The molecule has 0 bridgehead atoms. The lowest BCUT2D eigenvalue weighted by atomic mass is 9.68. The lowest BCUT2D eigenvalue weighted by molar-refractivity contribution is 0.164. The van der Waals surface area contributed by atoms with E-state index in [-0.39, 0.29) is 11.3 Å². The third kappa shape index (κ3) is 3.75. The highest BCUT2D eigenvalue weighted by molar-refractivity contribution is 14.1. The fraction of sp³-hybridized carbons (Fsp3) is 0.565. The second-order valence-corrected chi connectivity index (χ2v) is 9.85. The zero-order valence-electron chi connectivity index (χ0n) is 15.7. The van der Waals surface area contributed by atoms with E-state index in [4.69, 9.17) is 0 Å². The maximum Gasteiger partial charge on any atom is 0.169 e. The van der Waals surface area contributed by atoms with Gasteiger partial charge in [-0.2, -0.15) is 0 Å². The van der Waals surface area contributed by atoms with Crippen molar-refractivity contribution >= 4 is 33.4 Å². The molecule has 0 aromatic heterocycles. The highest BCUT2D eigenvalue weighted by Crippen LogP contribution is 2.45. The van der Waals surface area contributed by atoms with E-state index in [0.29, 0.717) is 14.5 Å². The molecule has 0 N–H and O–H groups in total. The van der Waals surface area contributed by atoms with Gasteiger partial charge in [-0.05, 0) is 108 Å². The first-order valence-electron chi connectivity index (χ1n) is 10.2. The summed E-state index contributed by atoms with van der Waals surface area (Å²) in [6.45, 7) is 2.34. The summed E-state index contributed by atoms with van der Waals surface area (Å²) in [6.07, 6.45) is 9.34. The van der Waals surface area contributed by atoms with Crippen LogP contribution in [0.2, 0.25) is 0 Å². The molecular weight excluding hydrogens is 460 g/mol. The summed E-state index contributed by atoms with van der Waals surface area (Å²) in [5.41, 5.74) is 0.441. The topological polar surface area (TPSA) is 0 Å². The summed E-state index contributed by atoms with van der Waals surface area (Å²) in [5, 5.41) is 0.248. The van der Waals surface area contributed by atoms with Gasteiger partial charge in [-0.25, -0.2) is 13.2 Å². The van der Waals surface area contributed by atoms with Crippen molar-refractivity contribution < 1.29 is 13.2 Å². The quantitative estimate of drug-likeness (QED) is 0.378. The molecule has 0 aliphatic heterocycles. The number of hydrogen-bond donors (Lipinski definition) is 0. The highest BCUT2D eigenvalue weighted by Gasteiger charge is 2.32. The predicted molar refractivity (Wildman–Crippen MR) is 112 cm³/mol. The summed E-state index contributed by atoms with van der Waals surface area (Å²) < 4.78 is 44.0. The fourth-order valence-corrected chi connectivity index (χ4v) is 5.78. The van der Waals surface area contributed by atoms with Crippen molar-refractivity contribution in [1.82, 2.24) is 0 Å². The molecule has 0 spiro atoms. The average molecular weight is 486 g/mol. The van der Waals surface area contributed by atoms with Crippen LogP contribution in [0, 0.1) is 38.8 Å². The smallest absolute Gasteiger partial charge is 0.169 e. The Hall–Kier alpha value is -0.780. The molecule has 0 nitrogen and oxygen atoms in total. The minimum atomic E-state index is -1.03. The van der Waals surface area contributed by atoms with E-state index in [1.807, 2.05) is 22.6 Å². The van der Waals surface area contributed by atoms with Gasteiger partial charge in [-0.1, -0.05) is 25.8 Å². The maximum atomic E-state index is 14.8. The van der Waals surface area contributed by atoms with E-state index >= 15 is 0 Å². The Morgan fingerprint density at radius 2 is 1.37 bits per heavy atom. The maximum absolute atomic E-state index is 14.8. The average Bonchev–Trinajstić information content (AvgIpc) is 2.68. The van der Waals surface area contributed by atoms with Gasteiger partial charge in [0.05, 0.1) is 5.39 Å². The third-order valence-electron chi connectivity index (χ3n) is 7.04. The van der Waals surface area contributed by atoms with Gasteiger partial charge in [-0.15, -0.1) is 0 Å². The molecule has 0 unspecified atom stereocenters. The van der Waals surface area contributed by atoms with E-state index in [9.17, 15) is 13.2 Å². The summed E-state index contributed by atoms with van der Waals surface area (Å²) in [5.74, 6) is -0.0788. The molecule has 27 heavy (non-hydrogen) atoms. The molecule has 2 aliphatic rings. The first-order chi connectivity index (χ1) is 13.0. The second kappa shape index (κ2) is 7.92. The fourth-order valence-electron chi connectivity index (χ4n) is 5.33.